The highest BCUT2D eigenvalue weighted by molar-refractivity contribution is 5.77. The van der Waals surface area contributed by atoms with Gasteiger partial charge in [-0.2, -0.15) is 0 Å². The fourth-order valence-corrected chi connectivity index (χ4v) is 3.00. The second-order valence-electron chi connectivity index (χ2n) is 5.79. The van der Waals surface area contributed by atoms with Crippen LogP contribution in [0.2, 0.25) is 0 Å². The van der Waals surface area contributed by atoms with E-state index >= 15 is 0 Å². The van der Waals surface area contributed by atoms with Crippen molar-refractivity contribution in [2.45, 2.75) is 45.7 Å². The van der Waals surface area contributed by atoms with E-state index in [9.17, 15) is 4.79 Å². The molecular weight excluding hydrogens is 250 g/mol. The highest BCUT2D eigenvalue weighted by atomic mass is 16.5. The summed E-state index contributed by atoms with van der Waals surface area (Å²) in [5.74, 6) is 0.506. The molecule has 0 N–H and O–H groups in total. The molecule has 3 unspecified atom stereocenters. The van der Waals surface area contributed by atoms with Crippen LogP contribution in [0.1, 0.15) is 45.2 Å². The Bertz CT molecular complexity index is 432. The van der Waals surface area contributed by atoms with E-state index in [1.165, 1.54) is 6.42 Å². The Kier molecular flexibility index (Phi) is 5.18. The Morgan fingerprint density at radius 2 is 2.00 bits per heavy atom. The van der Waals surface area contributed by atoms with Crippen molar-refractivity contribution in [1.29, 1.82) is 0 Å². The van der Waals surface area contributed by atoms with Crippen molar-refractivity contribution >= 4 is 5.97 Å². The van der Waals surface area contributed by atoms with Crippen molar-refractivity contribution in [2.24, 2.45) is 5.92 Å². The third-order valence-electron chi connectivity index (χ3n) is 4.12. The van der Waals surface area contributed by atoms with E-state index < -0.39 is 0 Å². The quantitative estimate of drug-likeness (QED) is 0.789. The minimum atomic E-state index is -0.270. The van der Waals surface area contributed by atoms with Crippen LogP contribution >= 0.6 is 0 Å². The molecule has 3 atom stereocenters. The number of carbonyl (C=O) groups is 1. The van der Waals surface area contributed by atoms with Crippen molar-refractivity contribution in [1.82, 2.24) is 4.90 Å². The van der Waals surface area contributed by atoms with Gasteiger partial charge >= 0.3 is 5.97 Å². The number of hydrogen-bond acceptors (Lipinski definition) is 3. The van der Waals surface area contributed by atoms with Gasteiger partial charge < -0.3 is 4.74 Å². The SMILES string of the molecule is CCOC(=O)C(c1ccccc1)N1CC(C)CCC1C. The average Bonchev–Trinajstić information content (AvgIpc) is 2.44. The van der Waals surface area contributed by atoms with Gasteiger partial charge in [-0.25, -0.2) is 4.79 Å². The van der Waals surface area contributed by atoms with Crippen molar-refractivity contribution in [3.63, 3.8) is 0 Å². The summed E-state index contributed by atoms with van der Waals surface area (Å²) in [6.07, 6.45) is 2.38. The molecule has 1 saturated heterocycles. The maximum atomic E-state index is 12.4. The molecule has 1 aliphatic heterocycles. The second-order valence-corrected chi connectivity index (χ2v) is 5.79. The summed E-state index contributed by atoms with van der Waals surface area (Å²) in [5.41, 5.74) is 1.03. The third kappa shape index (κ3) is 3.40. The van der Waals surface area contributed by atoms with E-state index in [0.717, 1.165) is 18.5 Å². The van der Waals surface area contributed by atoms with Crippen LogP contribution in [-0.4, -0.2) is 30.1 Å². The molecule has 1 fully saturated rings. The predicted molar refractivity (Wildman–Crippen MR) is 80.4 cm³/mol. The molecule has 1 aromatic rings. The molecule has 2 rings (SSSR count). The Morgan fingerprint density at radius 3 is 2.65 bits per heavy atom. The van der Waals surface area contributed by atoms with Gasteiger partial charge in [0.15, 0.2) is 0 Å². The first-order valence-electron chi connectivity index (χ1n) is 7.60. The number of esters is 1. The molecule has 0 saturated carbocycles. The Balaban J connectivity index is 2.28. The summed E-state index contributed by atoms with van der Waals surface area (Å²) in [5, 5.41) is 0. The Morgan fingerprint density at radius 1 is 1.30 bits per heavy atom. The van der Waals surface area contributed by atoms with Crippen LogP contribution in [0.25, 0.3) is 0 Å². The molecule has 0 bridgehead atoms. The van der Waals surface area contributed by atoms with Gasteiger partial charge in [0.1, 0.15) is 6.04 Å². The van der Waals surface area contributed by atoms with Crippen LogP contribution in [0, 0.1) is 5.92 Å². The molecule has 0 aliphatic carbocycles. The zero-order valence-electron chi connectivity index (χ0n) is 12.7. The molecule has 110 valence electrons. The fourth-order valence-electron chi connectivity index (χ4n) is 3.00. The lowest BCUT2D eigenvalue weighted by Gasteiger charge is -2.41. The summed E-state index contributed by atoms with van der Waals surface area (Å²) in [4.78, 5) is 14.7. The van der Waals surface area contributed by atoms with Crippen LogP contribution in [0.3, 0.4) is 0 Å². The molecular formula is C17H25NO2. The zero-order valence-corrected chi connectivity index (χ0v) is 12.7. The largest absolute Gasteiger partial charge is 0.465 e. The molecule has 3 nitrogen and oxygen atoms in total. The normalized spacial score (nSPS) is 25.1. The Hall–Kier alpha value is -1.35. The van der Waals surface area contributed by atoms with Gasteiger partial charge in [0, 0.05) is 12.6 Å². The number of rotatable bonds is 4. The molecule has 1 aromatic carbocycles. The number of hydrogen-bond donors (Lipinski definition) is 0. The van der Waals surface area contributed by atoms with E-state index in [4.69, 9.17) is 4.74 Å². The number of ether oxygens (including phenoxy) is 1. The summed E-state index contributed by atoms with van der Waals surface area (Å²) >= 11 is 0. The standard InChI is InChI=1S/C17H25NO2/c1-4-20-17(19)16(15-8-6-5-7-9-15)18-12-13(2)10-11-14(18)3/h5-9,13-14,16H,4,10-12H2,1-3H3. The van der Waals surface area contributed by atoms with Gasteiger partial charge in [-0.3, -0.25) is 4.90 Å². The molecule has 0 spiro atoms. The van der Waals surface area contributed by atoms with Gasteiger partial charge in [0.25, 0.3) is 0 Å². The number of carbonyl (C=O) groups excluding carboxylic acids is 1. The van der Waals surface area contributed by atoms with Crippen molar-refractivity contribution in [3.05, 3.63) is 35.9 Å². The molecule has 0 aromatic heterocycles. The minimum Gasteiger partial charge on any atom is -0.465 e. The first-order chi connectivity index (χ1) is 9.63. The van der Waals surface area contributed by atoms with Crippen LogP contribution in [0.5, 0.6) is 0 Å². The van der Waals surface area contributed by atoms with E-state index in [0.29, 0.717) is 18.6 Å². The van der Waals surface area contributed by atoms with E-state index in [1.54, 1.807) is 0 Å². The molecule has 0 radical (unpaired) electrons. The third-order valence-corrected chi connectivity index (χ3v) is 4.12. The van der Waals surface area contributed by atoms with Crippen LogP contribution in [0.15, 0.2) is 30.3 Å². The summed E-state index contributed by atoms with van der Waals surface area (Å²) in [6.45, 7) is 7.72. The van der Waals surface area contributed by atoms with Gasteiger partial charge in [0.05, 0.1) is 6.61 Å². The van der Waals surface area contributed by atoms with E-state index in [1.807, 2.05) is 37.3 Å². The second kappa shape index (κ2) is 6.89. The van der Waals surface area contributed by atoms with Gasteiger partial charge in [-0.05, 0) is 38.2 Å². The summed E-state index contributed by atoms with van der Waals surface area (Å²) in [7, 11) is 0. The number of likely N-dealkylation sites (tertiary alicyclic amines) is 1. The first-order valence-corrected chi connectivity index (χ1v) is 7.60. The monoisotopic (exact) mass is 275 g/mol. The summed E-state index contributed by atoms with van der Waals surface area (Å²) < 4.78 is 5.31. The average molecular weight is 275 g/mol. The zero-order chi connectivity index (χ0) is 14.5. The highest BCUT2D eigenvalue weighted by Crippen LogP contribution is 2.31. The van der Waals surface area contributed by atoms with Crippen LogP contribution in [0.4, 0.5) is 0 Å². The minimum absolute atomic E-state index is 0.125. The van der Waals surface area contributed by atoms with Gasteiger partial charge in [-0.15, -0.1) is 0 Å². The molecule has 1 aliphatic rings. The number of piperidine rings is 1. The van der Waals surface area contributed by atoms with Gasteiger partial charge in [-0.1, -0.05) is 37.3 Å². The predicted octanol–water partition coefficient (Wildman–Crippen LogP) is 3.41. The van der Waals surface area contributed by atoms with E-state index in [-0.39, 0.29) is 12.0 Å². The lowest BCUT2D eigenvalue weighted by molar-refractivity contribution is -0.152. The Labute approximate surface area is 121 Å². The van der Waals surface area contributed by atoms with Gasteiger partial charge in [0.2, 0.25) is 0 Å². The fraction of sp³-hybridized carbons (Fsp3) is 0.588. The maximum Gasteiger partial charge on any atom is 0.328 e. The first kappa shape index (κ1) is 15.0. The van der Waals surface area contributed by atoms with Crippen molar-refractivity contribution in [2.75, 3.05) is 13.2 Å². The van der Waals surface area contributed by atoms with Crippen LogP contribution in [-0.2, 0) is 9.53 Å². The van der Waals surface area contributed by atoms with Crippen LogP contribution < -0.4 is 0 Å². The lowest BCUT2D eigenvalue weighted by Crippen LogP contribution is -2.46. The lowest BCUT2D eigenvalue weighted by atomic mass is 9.91. The molecule has 20 heavy (non-hydrogen) atoms. The van der Waals surface area contributed by atoms with Crippen molar-refractivity contribution in [3.8, 4) is 0 Å². The number of benzene rings is 1. The molecule has 1 heterocycles. The number of nitrogens with zero attached hydrogens (tertiary/aromatic N) is 1. The molecule has 0 amide bonds. The maximum absolute atomic E-state index is 12.4. The summed E-state index contributed by atoms with van der Waals surface area (Å²) in [6, 6.07) is 10.1. The topological polar surface area (TPSA) is 29.5 Å². The van der Waals surface area contributed by atoms with E-state index in [2.05, 4.69) is 18.7 Å². The highest BCUT2D eigenvalue weighted by Gasteiger charge is 2.35. The van der Waals surface area contributed by atoms with Crippen molar-refractivity contribution < 1.29 is 9.53 Å². The smallest absolute Gasteiger partial charge is 0.328 e. The molecule has 3 heteroatoms.